The van der Waals surface area contributed by atoms with Crippen LogP contribution in [0, 0.1) is 0 Å². The number of likely N-dealkylation sites (tertiary alicyclic amines) is 1. The lowest BCUT2D eigenvalue weighted by molar-refractivity contribution is -0.143. The molecule has 16 heavy (non-hydrogen) atoms. The van der Waals surface area contributed by atoms with Crippen LogP contribution in [-0.4, -0.2) is 61.0 Å². The first-order valence-electron chi connectivity index (χ1n) is 5.75. The van der Waals surface area contributed by atoms with Gasteiger partial charge in [0.2, 0.25) is 0 Å². The summed E-state index contributed by atoms with van der Waals surface area (Å²) in [6.07, 6.45) is 0.571. The molecule has 1 fully saturated rings. The molecule has 5 nitrogen and oxygen atoms in total. The number of carboxylic acids is 1. The van der Waals surface area contributed by atoms with E-state index in [9.17, 15) is 4.79 Å². The van der Waals surface area contributed by atoms with E-state index in [1.807, 2.05) is 18.7 Å². The molecule has 1 heterocycles. The normalized spacial score (nSPS) is 28.2. The fraction of sp³-hybridized carbons (Fsp3) is 0.909. The Labute approximate surface area is 96.3 Å². The smallest absolute Gasteiger partial charge is 0.320 e. The number of carboxylic acid groups (broad SMARTS) is 1. The molecule has 0 aliphatic carbocycles. The van der Waals surface area contributed by atoms with Gasteiger partial charge in [-0.25, -0.2) is 0 Å². The molecule has 0 saturated carbocycles. The maximum atomic E-state index is 11.1. The number of hydrogen-bond donors (Lipinski definition) is 1. The zero-order valence-corrected chi connectivity index (χ0v) is 10.2. The summed E-state index contributed by atoms with van der Waals surface area (Å²) in [5, 5.41) is 9.09. The average molecular weight is 231 g/mol. The molecule has 1 aliphatic rings. The number of hydrogen-bond acceptors (Lipinski definition) is 4. The highest BCUT2D eigenvalue weighted by Crippen LogP contribution is 2.20. The van der Waals surface area contributed by atoms with Gasteiger partial charge >= 0.3 is 5.97 Å². The Morgan fingerprint density at radius 2 is 2.06 bits per heavy atom. The third kappa shape index (κ3) is 2.93. The summed E-state index contributed by atoms with van der Waals surface area (Å²) in [5.74, 6) is -0.769. The van der Waals surface area contributed by atoms with Crippen LogP contribution in [0.3, 0.4) is 0 Å². The van der Waals surface area contributed by atoms with Gasteiger partial charge in [-0.2, -0.15) is 0 Å². The zero-order chi connectivity index (χ0) is 12.1. The number of carbonyl (C=O) groups is 1. The Morgan fingerprint density at radius 1 is 1.44 bits per heavy atom. The fourth-order valence-corrected chi connectivity index (χ4v) is 2.22. The van der Waals surface area contributed by atoms with Gasteiger partial charge in [-0.1, -0.05) is 6.92 Å². The first-order valence-corrected chi connectivity index (χ1v) is 5.75. The maximum absolute atomic E-state index is 11.1. The molecule has 0 bridgehead atoms. The van der Waals surface area contributed by atoms with E-state index in [4.69, 9.17) is 14.6 Å². The largest absolute Gasteiger partial charge is 0.480 e. The molecule has 0 spiro atoms. The average Bonchev–Trinajstić information content (AvgIpc) is 2.62. The second-order valence-corrected chi connectivity index (χ2v) is 3.98. The summed E-state index contributed by atoms with van der Waals surface area (Å²) >= 11 is 0. The number of rotatable bonds is 6. The lowest BCUT2D eigenvalue weighted by Crippen LogP contribution is -2.40. The molecular formula is C11H21NO4. The molecule has 1 saturated heterocycles. The first kappa shape index (κ1) is 13.4. The monoisotopic (exact) mass is 231 g/mol. The summed E-state index contributed by atoms with van der Waals surface area (Å²) in [5.41, 5.74) is 0. The molecule has 0 aromatic heterocycles. The van der Waals surface area contributed by atoms with Crippen LogP contribution in [0.15, 0.2) is 0 Å². The minimum Gasteiger partial charge on any atom is -0.480 e. The summed E-state index contributed by atoms with van der Waals surface area (Å²) in [4.78, 5) is 13.0. The number of aliphatic carboxylic acids is 1. The van der Waals surface area contributed by atoms with E-state index in [0.717, 1.165) is 0 Å². The van der Waals surface area contributed by atoms with Gasteiger partial charge < -0.3 is 14.6 Å². The van der Waals surface area contributed by atoms with E-state index in [-0.39, 0.29) is 12.2 Å². The van der Waals surface area contributed by atoms with Crippen molar-refractivity contribution in [2.24, 2.45) is 0 Å². The van der Waals surface area contributed by atoms with E-state index in [1.54, 1.807) is 7.11 Å². The maximum Gasteiger partial charge on any atom is 0.320 e. The van der Waals surface area contributed by atoms with Crippen LogP contribution in [0.1, 0.15) is 20.3 Å². The minimum absolute atomic E-state index is 0.0107. The SMILES string of the molecule is CCOC1CN(C(CC)C(=O)O)CC1OC. The Morgan fingerprint density at radius 3 is 2.50 bits per heavy atom. The molecule has 0 radical (unpaired) electrons. The predicted octanol–water partition coefficient (Wildman–Crippen LogP) is 0.585. The van der Waals surface area contributed by atoms with Gasteiger partial charge in [0.25, 0.3) is 0 Å². The summed E-state index contributed by atoms with van der Waals surface area (Å²) < 4.78 is 10.9. The van der Waals surface area contributed by atoms with Crippen LogP contribution >= 0.6 is 0 Å². The Balaban J connectivity index is 2.61. The fourth-order valence-electron chi connectivity index (χ4n) is 2.22. The summed E-state index contributed by atoms with van der Waals surface area (Å²) in [6.45, 7) is 5.71. The number of ether oxygens (including phenoxy) is 2. The second-order valence-electron chi connectivity index (χ2n) is 3.98. The van der Waals surface area contributed by atoms with E-state index < -0.39 is 12.0 Å². The highest BCUT2D eigenvalue weighted by molar-refractivity contribution is 5.73. The quantitative estimate of drug-likeness (QED) is 0.725. The molecule has 94 valence electrons. The van der Waals surface area contributed by atoms with Crippen molar-refractivity contribution in [3.63, 3.8) is 0 Å². The standard InChI is InChI=1S/C11H21NO4/c1-4-8(11(13)14)12-6-9(15-3)10(7-12)16-5-2/h8-10H,4-7H2,1-3H3,(H,13,14). The van der Waals surface area contributed by atoms with E-state index >= 15 is 0 Å². The van der Waals surface area contributed by atoms with Crippen molar-refractivity contribution in [3.05, 3.63) is 0 Å². The molecule has 1 rings (SSSR count). The zero-order valence-electron chi connectivity index (χ0n) is 10.2. The van der Waals surface area contributed by atoms with Crippen molar-refractivity contribution in [3.8, 4) is 0 Å². The van der Waals surface area contributed by atoms with Gasteiger partial charge in [-0.05, 0) is 13.3 Å². The Kier molecular flexibility index (Phi) is 5.18. The lowest BCUT2D eigenvalue weighted by atomic mass is 10.2. The lowest BCUT2D eigenvalue weighted by Gasteiger charge is -2.22. The first-order chi connectivity index (χ1) is 7.63. The molecular weight excluding hydrogens is 210 g/mol. The van der Waals surface area contributed by atoms with Crippen LogP contribution in [0.25, 0.3) is 0 Å². The van der Waals surface area contributed by atoms with Crippen molar-refractivity contribution in [2.75, 3.05) is 26.8 Å². The van der Waals surface area contributed by atoms with Crippen LogP contribution in [0.4, 0.5) is 0 Å². The van der Waals surface area contributed by atoms with Gasteiger partial charge in [0.1, 0.15) is 6.04 Å². The van der Waals surface area contributed by atoms with Gasteiger partial charge in [-0.3, -0.25) is 9.69 Å². The summed E-state index contributed by atoms with van der Waals surface area (Å²) in [7, 11) is 1.64. The highest BCUT2D eigenvalue weighted by atomic mass is 16.5. The molecule has 0 amide bonds. The van der Waals surface area contributed by atoms with Gasteiger partial charge in [-0.15, -0.1) is 0 Å². The van der Waals surface area contributed by atoms with Gasteiger partial charge in [0.05, 0.1) is 12.2 Å². The minimum atomic E-state index is -0.769. The van der Waals surface area contributed by atoms with Crippen LogP contribution in [0.2, 0.25) is 0 Å². The molecule has 3 atom stereocenters. The van der Waals surface area contributed by atoms with Crippen molar-refractivity contribution in [1.29, 1.82) is 0 Å². The Bertz CT molecular complexity index is 234. The van der Waals surface area contributed by atoms with Crippen molar-refractivity contribution in [1.82, 2.24) is 4.90 Å². The Hall–Kier alpha value is -0.650. The number of methoxy groups -OCH3 is 1. The van der Waals surface area contributed by atoms with E-state index in [2.05, 4.69) is 0 Å². The van der Waals surface area contributed by atoms with Crippen LogP contribution < -0.4 is 0 Å². The molecule has 0 aromatic carbocycles. The molecule has 5 heteroatoms. The van der Waals surface area contributed by atoms with Crippen LogP contribution in [0.5, 0.6) is 0 Å². The molecule has 1 N–H and O–H groups in total. The van der Waals surface area contributed by atoms with Gasteiger partial charge in [0.15, 0.2) is 0 Å². The molecule has 1 aliphatic heterocycles. The second kappa shape index (κ2) is 6.18. The number of nitrogens with zero attached hydrogens (tertiary/aromatic N) is 1. The van der Waals surface area contributed by atoms with E-state index in [1.165, 1.54) is 0 Å². The van der Waals surface area contributed by atoms with Gasteiger partial charge in [0, 0.05) is 26.8 Å². The third-order valence-electron chi connectivity index (χ3n) is 3.04. The van der Waals surface area contributed by atoms with Crippen molar-refractivity contribution < 1.29 is 19.4 Å². The third-order valence-corrected chi connectivity index (χ3v) is 3.04. The van der Waals surface area contributed by atoms with Crippen LogP contribution in [-0.2, 0) is 14.3 Å². The topological polar surface area (TPSA) is 59.0 Å². The van der Waals surface area contributed by atoms with Crippen molar-refractivity contribution in [2.45, 2.75) is 38.5 Å². The molecule has 3 unspecified atom stereocenters. The molecule has 0 aromatic rings. The summed E-state index contributed by atoms with van der Waals surface area (Å²) in [6, 6.07) is -0.428. The predicted molar refractivity (Wildman–Crippen MR) is 59.5 cm³/mol. The highest BCUT2D eigenvalue weighted by Gasteiger charge is 2.38. The van der Waals surface area contributed by atoms with E-state index in [0.29, 0.717) is 26.1 Å². The van der Waals surface area contributed by atoms with Crippen molar-refractivity contribution >= 4 is 5.97 Å².